The third kappa shape index (κ3) is 3.57. The number of Topliss-reactive ketones (excluding diaryl/α,β-unsaturated/α-hetero) is 1. The summed E-state index contributed by atoms with van der Waals surface area (Å²) in [6.45, 7) is 1.59. The molecular formula is C18H19ClO8. The fourth-order valence-corrected chi connectivity index (χ4v) is 3.21. The highest BCUT2D eigenvalue weighted by Crippen LogP contribution is 2.47. The predicted molar refractivity (Wildman–Crippen MR) is 95.2 cm³/mol. The van der Waals surface area contributed by atoms with Crippen LogP contribution in [0.3, 0.4) is 0 Å². The second-order valence-electron chi connectivity index (χ2n) is 5.52. The lowest BCUT2D eigenvalue weighted by Gasteiger charge is -2.27. The van der Waals surface area contributed by atoms with Crippen LogP contribution < -0.4 is 9.47 Å². The molecule has 0 heterocycles. The molecule has 1 aromatic rings. The van der Waals surface area contributed by atoms with Crippen LogP contribution in [-0.4, -0.2) is 50.8 Å². The minimum atomic E-state index is -1.32. The summed E-state index contributed by atoms with van der Waals surface area (Å²) in [5.74, 6) is -4.08. The van der Waals surface area contributed by atoms with E-state index in [0.29, 0.717) is 0 Å². The second-order valence-corrected chi connectivity index (χ2v) is 5.93. The summed E-state index contributed by atoms with van der Waals surface area (Å²) in [6, 6.07) is 1.35. The number of ketones is 1. The van der Waals surface area contributed by atoms with E-state index in [1.54, 1.807) is 6.92 Å². The molecule has 1 atom stereocenters. The maximum atomic E-state index is 13.2. The first kappa shape index (κ1) is 20.6. The van der Waals surface area contributed by atoms with E-state index < -0.39 is 35.8 Å². The van der Waals surface area contributed by atoms with E-state index in [4.69, 9.17) is 25.8 Å². The molecule has 0 fully saturated rings. The highest BCUT2D eigenvalue weighted by atomic mass is 35.5. The molecule has 0 radical (unpaired) electrons. The van der Waals surface area contributed by atoms with E-state index in [-0.39, 0.29) is 39.8 Å². The highest BCUT2D eigenvalue weighted by Gasteiger charge is 2.43. The third-order valence-corrected chi connectivity index (χ3v) is 4.40. The van der Waals surface area contributed by atoms with Crippen LogP contribution in [0.5, 0.6) is 11.5 Å². The number of fused-ring (bicyclic) bond motifs is 1. The van der Waals surface area contributed by atoms with Crippen molar-refractivity contribution in [1.29, 1.82) is 0 Å². The topological polar surface area (TPSA) is 108 Å². The summed E-state index contributed by atoms with van der Waals surface area (Å²) in [5, 5.41) is 10.9. The van der Waals surface area contributed by atoms with Crippen molar-refractivity contribution in [3.05, 3.63) is 27.8 Å². The van der Waals surface area contributed by atoms with E-state index in [1.165, 1.54) is 20.3 Å². The van der Waals surface area contributed by atoms with Gasteiger partial charge in [0, 0.05) is 6.07 Å². The number of aliphatic hydroxyl groups is 1. The Morgan fingerprint density at radius 3 is 2.37 bits per heavy atom. The average molecular weight is 399 g/mol. The number of esters is 2. The van der Waals surface area contributed by atoms with Crippen LogP contribution >= 0.6 is 11.6 Å². The fraction of sp³-hybridized carbons (Fsp3) is 0.389. The Morgan fingerprint density at radius 1 is 1.19 bits per heavy atom. The Labute approximate surface area is 160 Å². The van der Waals surface area contributed by atoms with Gasteiger partial charge in [-0.05, 0) is 6.92 Å². The first-order valence-corrected chi connectivity index (χ1v) is 8.36. The summed E-state index contributed by atoms with van der Waals surface area (Å²) in [7, 11) is 3.77. The number of methoxy groups -OCH3 is 3. The number of halogens is 1. The summed E-state index contributed by atoms with van der Waals surface area (Å²) in [5.41, 5.74) is -0.475. The van der Waals surface area contributed by atoms with E-state index in [0.717, 1.165) is 7.11 Å². The Kier molecular flexibility index (Phi) is 6.32. The molecule has 0 aliphatic heterocycles. The first-order chi connectivity index (χ1) is 12.8. The second kappa shape index (κ2) is 8.30. The monoisotopic (exact) mass is 398 g/mol. The number of benzene rings is 1. The van der Waals surface area contributed by atoms with Crippen molar-refractivity contribution < 1.29 is 38.4 Å². The van der Waals surface area contributed by atoms with Crippen LogP contribution in [0.25, 0.3) is 5.76 Å². The summed E-state index contributed by atoms with van der Waals surface area (Å²) >= 11 is 6.15. The van der Waals surface area contributed by atoms with Crippen LogP contribution in [-0.2, 0) is 19.1 Å². The fourth-order valence-electron chi connectivity index (χ4n) is 2.94. The molecule has 0 amide bonds. The summed E-state index contributed by atoms with van der Waals surface area (Å²) in [6.07, 6.45) is -0.467. The van der Waals surface area contributed by atoms with Gasteiger partial charge in [0.2, 0.25) is 0 Å². The van der Waals surface area contributed by atoms with Crippen molar-refractivity contribution in [2.24, 2.45) is 5.92 Å². The summed E-state index contributed by atoms with van der Waals surface area (Å²) in [4.78, 5) is 37.4. The van der Waals surface area contributed by atoms with E-state index in [1.807, 2.05) is 0 Å². The molecule has 0 saturated heterocycles. The number of hydrogen-bond donors (Lipinski definition) is 1. The highest BCUT2D eigenvalue weighted by molar-refractivity contribution is 6.33. The summed E-state index contributed by atoms with van der Waals surface area (Å²) < 4.78 is 20.0. The zero-order chi connectivity index (χ0) is 20.3. The molecule has 0 spiro atoms. The van der Waals surface area contributed by atoms with Gasteiger partial charge in [0.25, 0.3) is 0 Å². The van der Waals surface area contributed by atoms with Gasteiger partial charge in [-0.3, -0.25) is 9.59 Å². The number of aliphatic hydroxyl groups excluding tert-OH is 1. The molecule has 0 saturated carbocycles. The quantitative estimate of drug-likeness (QED) is 0.728. The predicted octanol–water partition coefficient (Wildman–Crippen LogP) is 2.57. The van der Waals surface area contributed by atoms with Crippen molar-refractivity contribution >= 4 is 35.1 Å². The van der Waals surface area contributed by atoms with Crippen molar-refractivity contribution in [2.45, 2.75) is 13.3 Å². The van der Waals surface area contributed by atoms with E-state index >= 15 is 0 Å². The molecule has 0 aromatic heterocycles. The number of hydrogen-bond acceptors (Lipinski definition) is 8. The van der Waals surface area contributed by atoms with Crippen molar-refractivity contribution in [2.75, 3.05) is 27.9 Å². The largest absolute Gasteiger partial charge is 0.507 e. The normalized spacial score (nSPS) is 15.9. The van der Waals surface area contributed by atoms with E-state index in [9.17, 15) is 19.5 Å². The molecule has 9 heteroatoms. The third-order valence-electron chi connectivity index (χ3n) is 4.12. The van der Waals surface area contributed by atoms with Crippen LogP contribution in [0, 0.1) is 5.92 Å². The van der Waals surface area contributed by atoms with Crippen molar-refractivity contribution in [1.82, 2.24) is 0 Å². The van der Waals surface area contributed by atoms with Gasteiger partial charge in [-0.25, -0.2) is 4.79 Å². The maximum Gasteiger partial charge on any atom is 0.338 e. The Balaban J connectivity index is 2.84. The maximum absolute atomic E-state index is 13.2. The van der Waals surface area contributed by atoms with Gasteiger partial charge < -0.3 is 24.1 Å². The van der Waals surface area contributed by atoms with Crippen molar-refractivity contribution in [3.63, 3.8) is 0 Å². The molecule has 0 bridgehead atoms. The SMILES string of the molecule is CCOC(=O)C1=C(O)c2c(OC)cc(Cl)c(OC)c2C(=O)C1CC(=O)OC. The van der Waals surface area contributed by atoms with Gasteiger partial charge in [-0.2, -0.15) is 0 Å². The minimum absolute atomic E-state index is 0.00166. The smallest absolute Gasteiger partial charge is 0.338 e. The Hall–Kier alpha value is -2.74. The van der Waals surface area contributed by atoms with Gasteiger partial charge in [0.1, 0.15) is 17.3 Å². The Morgan fingerprint density at radius 2 is 1.85 bits per heavy atom. The molecule has 27 heavy (non-hydrogen) atoms. The minimum Gasteiger partial charge on any atom is -0.507 e. The lowest BCUT2D eigenvalue weighted by atomic mass is 9.78. The molecule has 1 aliphatic rings. The van der Waals surface area contributed by atoms with Crippen LogP contribution in [0.2, 0.25) is 5.02 Å². The molecule has 2 rings (SSSR count). The lowest BCUT2D eigenvalue weighted by Crippen LogP contribution is -2.32. The standard InChI is InChI=1S/C18H19ClO8/c1-5-27-18(23)12-8(6-11(20)25-3)15(21)14-13(16(12)22)10(24-2)7-9(19)17(14)26-4/h7-8,22H,5-6H2,1-4H3. The molecule has 1 aromatic carbocycles. The van der Waals surface area contributed by atoms with E-state index in [2.05, 4.69) is 4.74 Å². The van der Waals surface area contributed by atoms with Gasteiger partial charge >= 0.3 is 11.9 Å². The van der Waals surface area contributed by atoms with Crippen molar-refractivity contribution in [3.8, 4) is 11.5 Å². The van der Waals surface area contributed by atoms with Gasteiger partial charge in [-0.1, -0.05) is 11.6 Å². The molecule has 1 aliphatic carbocycles. The molecular weight excluding hydrogens is 380 g/mol. The molecule has 8 nitrogen and oxygen atoms in total. The molecule has 146 valence electrons. The lowest BCUT2D eigenvalue weighted by molar-refractivity contribution is -0.141. The van der Waals surface area contributed by atoms with Crippen LogP contribution in [0.1, 0.15) is 29.3 Å². The van der Waals surface area contributed by atoms with Crippen LogP contribution in [0.15, 0.2) is 11.6 Å². The Bertz CT molecular complexity index is 827. The van der Waals surface area contributed by atoms with Gasteiger partial charge in [0.05, 0.1) is 62.0 Å². The van der Waals surface area contributed by atoms with Gasteiger partial charge in [0.15, 0.2) is 5.78 Å². The number of carbonyl (C=O) groups is 3. The number of ether oxygens (including phenoxy) is 4. The number of rotatable bonds is 6. The van der Waals surface area contributed by atoms with Gasteiger partial charge in [-0.15, -0.1) is 0 Å². The first-order valence-electron chi connectivity index (χ1n) is 7.98. The zero-order valence-corrected chi connectivity index (χ0v) is 16.0. The number of carbonyl (C=O) groups excluding carboxylic acids is 3. The zero-order valence-electron chi connectivity index (χ0n) is 15.3. The molecule has 1 unspecified atom stereocenters. The average Bonchev–Trinajstić information content (AvgIpc) is 2.64. The van der Waals surface area contributed by atoms with Crippen LogP contribution in [0.4, 0.5) is 0 Å². The molecule has 1 N–H and O–H groups in total.